The molecule has 1 aliphatic heterocycles. The molecule has 0 fully saturated rings. The van der Waals surface area contributed by atoms with E-state index in [4.69, 9.17) is 21.1 Å². The molecule has 0 bridgehead atoms. The van der Waals surface area contributed by atoms with Gasteiger partial charge in [0, 0.05) is 23.6 Å². The van der Waals surface area contributed by atoms with Gasteiger partial charge in [0.05, 0.1) is 31.6 Å². The predicted molar refractivity (Wildman–Crippen MR) is 91.0 cm³/mol. The minimum absolute atomic E-state index is 0.223. The number of ether oxygens (including phenoxy) is 2. The molecule has 0 saturated carbocycles. The third kappa shape index (κ3) is 3.32. The number of methoxy groups -OCH3 is 1. The first-order chi connectivity index (χ1) is 12.0. The van der Waals surface area contributed by atoms with Crippen LogP contribution >= 0.6 is 11.6 Å². The van der Waals surface area contributed by atoms with Crippen LogP contribution in [-0.2, 0) is 22.4 Å². The zero-order chi connectivity index (χ0) is 18.0. The summed E-state index contributed by atoms with van der Waals surface area (Å²) in [6.45, 7) is 2.73. The fourth-order valence-electron chi connectivity index (χ4n) is 2.86. The maximum atomic E-state index is 12.3. The van der Waals surface area contributed by atoms with E-state index in [0.717, 1.165) is 11.4 Å². The smallest absolute Gasteiger partial charge is 0.409 e. The van der Waals surface area contributed by atoms with Crippen LogP contribution in [0.4, 0.5) is 4.79 Å². The van der Waals surface area contributed by atoms with Gasteiger partial charge in [-0.2, -0.15) is 5.10 Å². The van der Waals surface area contributed by atoms with Crippen LogP contribution in [0.5, 0.6) is 0 Å². The minimum Gasteiger partial charge on any atom is -0.461 e. The summed E-state index contributed by atoms with van der Waals surface area (Å²) in [6, 6.07) is 7.19. The number of fused-ring (bicyclic) bond motifs is 1. The zero-order valence-electron chi connectivity index (χ0n) is 14.0. The number of rotatable bonds is 3. The molecule has 1 aliphatic rings. The van der Waals surface area contributed by atoms with Gasteiger partial charge in [-0.15, -0.1) is 0 Å². The molecule has 0 aliphatic carbocycles. The molecular formula is C17H18ClN3O4. The highest BCUT2D eigenvalue weighted by molar-refractivity contribution is 6.30. The van der Waals surface area contributed by atoms with Crippen molar-refractivity contribution in [3.05, 3.63) is 46.2 Å². The lowest BCUT2D eigenvalue weighted by molar-refractivity contribution is 0.0515. The molecule has 0 radical (unpaired) electrons. The van der Waals surface area contributed by atoms with Crippen molar-refractivity contribution in [1.29, 1.82) is 0 Å². The maximum Gasteiger partial charge on any atom is 0.409 e. The first-order valence-corrected chi connectivity index (χ1v) is 8.29. The van der Waals surface area contributed by atoms with Crippen molar-refractivity contribution in [3.63, 3.8) is 0 Å². The molecule has 1 amide bonds. The number of nitrogens with zero attached hydrogens (tertiary/aromatic N) is 3. The number of amides is 1. The van der Waals surface area contributed by atoms with Crippen LogP contribution in [0.25, 0.3) is 5.69 Å². The molecule has 0 N–H and O–H groups in total. The highest BCUT2D eigenvalue weighted by atomic mass is 35.5. The van der Waals surface area contributed by atoms with E-state index in [0.29, 0.717) is 23.6 Å². The van der Waals surface area contributed by atoms with Gasteiger partial charge < -0.3 is 14.4 Å². The molecule has 1 aromatic carbocycles. The number of halogens is 1. The van der Waals surface area contributed by atoms with Gasteiger partial charge >= 0.3 is 12.1 Å². The highest BCUT2D eigenvalue weighted by Gasteiger charge is 2.31. The van der Waals surface area contributed by atoms with Crippen LogP contribution in [-0.4, -0.2) is 47.0 Å². The topological polar surface area (TPSA) is 73.7 Å². The van der Waals surface area contributed by atoms with E-state index < -0.39 is 12.1 Å². The molecule has 132 valence electrons. The van der Waals surface area contributed by atoms with Crippen molar-refractivity contribution in [2.24, 2.45) is 0 Å². The first kappa shape index (κ1) is 17.3. The predicted octanol–water partition coefficient (Wildman–Crippen LogP) is 2.83. The second-order valence-electron chi connectivity index (χ2n) is 5.52. The maximum absolute atomic E-state index is 12.3. The van der Waals surface area contributed by atoms with Gasteiger partial charge in [0.15, 0.2) is 5.69 Å². The second-order valence-corrected chi connectivity index (χ2v) is 5.96. The van der Waals surface area contributed by atoms with Crippen molar-refractivity contribution in [2.75, 3.05) is 20.3 Å². The number of carbonyl (C=O) groups is 2. The Bertz CT molecular complexity index is 801. The number of aromatic nitrogens is 2. The third-order valence-corrected chi connectivity index (χ3v) is 4.28. The van der Waals surface area contributed by atoms with Gasteiger partial charge in [0.1, 0.15) is 0 Å². The van der Waals surface area contributed by atoms with E-state index in [-0.39, 0.29) is 18.8 Å². The molecule has 2 heterocycles. The summed E-state index contributed by atoms with van der Waals surface area (Å²) < 4.78 is 11.6. The van der Waals surface area contributed by atoms with Crippen molar-refractivity contribution >= 4 is 23.7 Å². The van der Waals surface area contributed by atoms with Gasteiger partial charge in [0.2, 0.25) is 0 Å². The molecule has 0 atom stereocenters. The van der Waals surface area contributed by atoms with E-state index in [1.165, 1.54) is 7.11 Å². The average Bonchev–Trinajstić information content (AvgIpc) is 3.01. The Morgan fingerprint density at radius 3 is 2.64 bits per heavy atom. The fourth-order valence-corrected chi connectivity index (χ4v) is 2.99. The molecule has 25 heavy (non-hydrogen) atoms. The lowest BCUT2D eigenvalue weighted by atomic mass is 10.1. The summed E-state index contributed by atoms with van der Waals surface area (Å²) in [5.74, 6) is -0.502. The van der Waals surface area contributed by atoms with Crippen molar-refractivity contribution in [1.82, 2.24) is 14.7 Å². The second kappa shape index (κ2) is 7.14. The Balaban J connectivity index is 2.05. The molecule has 0 unspecified atom stereocenters. The van der Waals surface area contributed by atoms with Gasteiger partial charge in [-0.3, -0.25) is 0 Å². The van der Waals surface area contributed by atoms with Crippen LogP contribution in [0.15, 0.2) is 24.3 Å². The van der Waals surface area contributed by atoms with Gasteiger partial charge in [-0.05, 0) is 31.2 Å². The summed E-state index contributed by atoms with van der Waals surface area (Å²) in [4.78, 5) is 25.7. The van der Waals surface area contributed by atoms with Crippen molar-refractivity contribution in [2.45, 2.75) is 19.9 Å². The minimum atomic E-state index is -0.502. The molecule has 3 rings (SSSR count). The number of hydrogen-bond acceptors (Lipinski definition) is 5. The van der Waals surface area contributed by atoms with Crippen LogP contribution in [0, 0.1) is 0 Å². The Hall–Kier alpha value is -2.54. The van der Waals surface area contributed by atoms with E-state index in [1.807, 2.05) is 12.1 Å². The zero-order valence-corrected chi connectivity index (χ0v) is 14.7. The van der Waals surface area contributed by atoms with Gasteiger partial charge in [-0.1, -0.05) is 11.6 Å². The Morgan fingerprint density at radius 2 is 2.00 bits per heavy atom. The van der Waals surface area contributed by atoms with Crippen LogP contribution in [0.2, 0.25) is 5.02 Å². The quantitative estimate of drug-likeness (QED) is 0.784. The average molecular weight is 364 g/mol. The van der Waals surface area contributed by atoms with E-state index >= 15 is 0 Å². The monoisotopic (exact) mass is 363 g/mol. The molecule has 0 spiro atoms. The number of esters is 1. The summed E-state index contributed by atoms with van der Waals surface area (Å²) in [6.07, 6.45) is 0.124. The van der Waals surface area contributed by atoms with Gasteiger partial charge in [-0.25, -0.2) is 14.3 Å². The number of benzene rings is 1. The molecular weight excluding hydrogens is 346 g/mol. The lowest BCUT2D eigenvalue weighted by Crippen LogP contribution is -2.36. The van der Waals surface area contributed by atoms with Crippen LogP contribution < -0.4 is 0 Å². The van der Waals surface area contributed by atoms with Crippen LogP contribution in [0.3, 0.4) is 0 Å². The molecule has 7 nitrogen and oxygen atoms in total. The fraction of sp³-hybridized carbons (Fsp3) is 0.353. The first-order valence-electron chi connectivity index (χ1n) is 7.91. The highest BCUT2D eigenvalue weighted by Crippen LogP contribution is 2.27. The van der Waals surface area contributed by atoms with E-state index in [9.17, 15) is 9.59 Å². The summed E-state index contributed by atoms with van der Waals surface area (Å²) in [7, 11) is 1.33. The normalized spacial score (nSPS) is 13.3. The number of carbonyl (C=O) groups excluding carboxylic acids is 2. The Morgan fingerprint density at radius 1 is 1.28 bits per heavy atom. The summed E-state index contributed by atoms with van der Waals surface area (Å²) >= 11 is 5.95. The van der Waals surface area contributed by atoms with Crippen LogP contribution in [0.1, 0.15) is 28.7 Å². The van der Waals surface area contributed by atoms with E-state index in [2.05, 4.69) is 5.10 Å². The molecule has 1 aromatic heterocycles. The SMILES string of the molecule is CCOC(=O)c1nn(-c2ccc(Cl)cc2)c2c1CN(C(=O)OC)CC2. The summed E-state index contributed by atoms with van der Waals surface area (Å²) in [5, 5.41) is 5.07. The van der Waals surface area contributed by atoms with Crippen molar-refractivity contribution in [3.8, 4) is 5.69 Å². The van der Waals surface area contributed by atoms with Gasteiger partial charge in [0.25, 0.3) is 0 Å². The molecule has 0 saturated heterocycles. The Kier molecular flexibility index (Phi) is 4.94. The van der Waals surface area contributed by atoms with Crippen molar-refractivity contribution < 1.29 is 19.1 Å². The standard InChI is InChI=1S/C17H18ClN3O4/c1-3-25-16(22)15-13-10-20(17(23)24-2)9-8-14(13)21(19-15)12-6-4-11(18)5-7-12/h4-7H,3,8-10H2,1-2H3. The Labute approximate surface area is 150 Å². The summed E-state index contributed by atoms with van der Waals surface area (Å²) in [5.41, 5.74) is 2.58. The third-order valence-electron chi connectivity index (χ3n) is 4.03. The van der Waals surface area contributed by atoms with E-state index in [1.54, 1.807) is 28.6 Å². The number of hydrogen-bond donors (Lipinski definition) is 0. The largest absolute Gasteiger partial charge is 0.461 e. The molecule has 8 heteroatoms. The lowest BCUT2D eigenvalue weighted by Gasteiger charge is -2.26. The molecule has 2 aromatic rings.